The molecule has 0 heterocycles. The molecule has 0 aliphatic carbocycles. The smallest absolute Gasteiger partial charge is 0.0654 e. The van der Waals surface area contributed by atoms with Gasteiger partial charge in [0.05, 0.1) is 0 Å². The van der Waals surface area contributed by atoms with Crippen LogP contribution in [0.3, 0.4) is 0 Å². The van der Waals surface area contributed by atoms with Crippen molar-refractivity contribution in [1.29, 1.82) is 0 Å². The van der Waals surface area contributed by atoms with Crippen LogP contribution in [0, 0.1) is 0 Å². The number of aliphatic hydroxyl groups is 1. The van der Waals surface area contributed by atoms with Gasteiger partial charge in [-0.1, -0.05) is 52.9 Å². The number of unbranched alkanes of at least 4 members (excludes halogenated alkanes) is 29. The molecule has 0 aliphatic heterocycles. The van der Waals surface area contributed by atoms with Crippen LogP contribution in [0.25, 0.3) is 0 Å². The molecule has 0 saturated heterocycles. The molecule has 0 radical (unpaired) electrons. The van der Waals surface area contributed by atoms with Gasteiger partial charge in [-0.3, -0.25) is 0 Å². The molecule has 272 valence electrons. The first-order chi connectivity index (χ1) is 22.3. The van der Waals surface area contributed by atoms with Crippen LogP contribution in [0.4, 0.5) is 0 Å². The summed E-state index contributed by atoms with van der Waals surface area (Å²) in [5.41, 5.74) is 0. The fourth-order valence-electron chi connectivity index (χ4n) is 6.92. The van der Waals surface area contributed by atoms with Gasteiger partial charge in [-0.25, -0.2) is 0 Å². The standard InChI is InChI=1S/C42H88AsNO/c1-4-7-10-13-16-19-22-23-24-27-30-33-36-43(38-42-45)37-41-44(39-34-31-28-25-20-17-14-11-8-5-2)40-35-32-29-26-21-18-15-12-9-6-3/h45H,4-42H2,1-3H3. The predicted octanol–water partition coefficient (Wildman–Crippen LogP) is 14.3. The Bertz CT molecular complexity index is 491. The molecular formula is C42H88AsNO. The first-order valence-electron chi connectivity index (χ1n) is 21.3. The van der Waals surface area contributed by atoms with E-state index in [2.05, 4.69) is 25.7 Å². The summed E-state index contributed by atoms with van der Waals surface area (Å²) in [6.45, 7) is 11.4. The number of hydrogen-bond donors (Lipinski definition) is 1. The van der Waals surface area contributed by atoms with Gasteiger partial charge in [0.15, 0.2) is 0 Å². The minimum atomic E-state index is -0.880. The van der Waals surface area contributed by atoms with Crippen LogP contribution >= 0.6 is 0 Å². The van der Waals surface area contributed by atoms with E-state index in [1.807, 2.05) is 0 Å². The summed E-state index contributed by atoms with van der Waals surface area (Å²) in [4.78, 5) is 2.86. The van der Waals surface area contributed by atoms with Gasteiger partial charge in [-0.15, -0.1) is 0 Å². The van der Waals surface area contributed by atoms with Crippen molar-refractivity contribution in [2.45, 2.75) is 242 Å². The van der Waals surface area contributed by atoms with Gasteiger partial charge >= 0.3 is 240 Å². The Morgan fingerprint density at radius 2 is 0.600 bits per heavy atom. The van der Waals surface area contributed by atoms with Crippen molar-refractivity contribution in [3.8, 4) is 0 Å². The second kappa shape index (κ2) is 40.7. The molecule has 0 aliphatic rings. The van der Waals surface area contributed by atoms with Crippen molar-refractivity contribution in [3.63, 3.8) is 0 Å². The van der Waals surface area contributed by atoms with Crippen LogP contribution in [0.1, 0.15) is 226 Å². The monoisotopic (exact) mass is 698 g/mol. The zero-order chi connectivity index (χ0) is 32.7. The summed E-state index contributed by atoms with van der Waals surface area (Å²) in [6, 6.07) is 0. The zero-order valence-corrected chi connectivity index (χ0v) is 33.8. The SMILES string of the molecule is CCCCCCCCCCCCCC[As](CCO)CCN(CCCCCCCCCCCC)CCCCCCCCCCCC. The Balaban J connectivity index is 4.23. The summed E-state index contributed by atoms with van der Waals surface area (Å²) in [5, 5.41) is 13.9. The molecular weight excluding hydrogens is 609 g/mol. The fourth-order valence-corrected chi connectivity index (χ4v) is 11.5. The second-order valence-electron chi connectivity index (χ2n) is 14.7. The van der Waals surface area contributed by atoms with Gasteiger partial charge in [0, 0.05) is 0 Å². The Morgan fingerprint density at radius 1 is 0.311 bits per heavy atom. The number of rotatable bonds is 40. The summed E-state index contributed by atoms with van der Waals surface area (Å²) < 4.78 is 0. The van der Waals surface area contributed by atoms with Gasteiger partial charge in [-0.05, 0) is 0 Å². The summed E-state index contributed by atoms with van der Waals surface area (Å²) in [6.07, 6.45) is 46.0. The first kappa shape index (κ1) is 45.5. The molecule has 0 aromatic heterocycles. The molecule has 0 amide bonds. The normalized spacial score (nSPS) is 12.5. The Kier molecular flexibility index (Phi) is 41.1. The van der Waals surface area contributed by atoms with Crippen LogP contribution in [0.2, 0.25) is 15.6 Å². The maximum absolute atomic E-state index is 9.83. The van der Waals surface area contributed by atoms with E-state index >= 15 is 0 Å². The summed E-state index contributed by atoms with van der Waals surface area (Å²) in [5.74, 6) is 0. The molecule has 0 rings (SSSR count). The molecule has 0 aromatic rings. The van der Waals surface area contributed by atoms with E-state index in [-0.39, 0.29) is 0 Å². The Morgan fingerprint density at radius 3 is 0.911 bits per heavy atom. The van der Waals surface area contributed by atoms with Crippen LogP contribution in [-0.2, 0) is 0 Å². The van der Waals surface area contributed by atoms with Crippen LogP contribution in [-0.4, -0.2) is 50.9 Å². The molecule has 0 saturated carbocycles. The Labute approximate surface area is 291 Å². The number of aliphatic hydroxyl groups excluding tert-OH is 1. The molecule has 0 spiro atoms. The second-order valence-corrected chi connectivity index (χ2v) is 20.3. The quantitative estimate of drug-likeness (QED) is 0.0509. The molecule has 1 unspecified atom stereocenters. The maximum atomic E-state index is 9.83. The average molecular weight is 698 g/mol. The number of nitrogens with zero attached hydrogens (tertiary/aromatic N) is 1. The third kappa shape index (κ3) is 37.2. The van der Waals surface area contributed by atoms with Crippen LogP contribution < -0.4 is 0 Å². The van der Waals surface area contributed by atoms with Gasteiger partial charge in [0.2, 0.25) is 0 Å². The van der Waals surface area contributed by atoms with Crippen molar-refractivity contribution < 1.29 is 5.11 Å². The molecule has 0 fully saturated rings. The van der Waals surface area contributed by atoms with Crippen molar-refractivity contribution in [1.82, 2.24) is 4.90 Å². The zero-order valence-electron chi connectivity index (χ0n) is 31.9. The minimum Gasteiger partial charge on any atom is -0.0654 e. The predicted molar refractivity (Wildman–Crippen MR) is 208 cm³/mol. The fraction of sp³-hybridized carbons (Fsp3) is 1.00. The average Bonchev–Trinajstić information content (AvgIpc) is 3.05. The Hall–Kier alpha value is 0.478. The van der Waals surface area contributed by atoms with Crippen LogP contribution in [0.15, 0.2) is 0 Å². The molecule has 1 N–H and O–H groups in total. The molecule has 3 heteroatoms. The van der Waals surface area contributed by atoms with E-state index < -0.39 is 14.7 Å². The topological polar surface area (TPSA) is 23.5 Å². The van der Waals surface area contributed by atoms with E-state index in [1.54, 1.807) is 0 Å². The first-order valence-corrected chi connectivity index (χ1v) is 25.3. The van der Waals surface area contributed by atoms with Gasteiger partial charge in [0.25, 0.3) is 0 Å². The van der Waals surface area contributed by atoms with Crippen molar-refractivity contribution in [2.75, 3.05) is 26.2 Å². The van der Waals surface area contributed by atoms with Gasteiger partial charge in [0.1, 0.15) is 0 Å². The molecule has 0 aromatic carbocycles. The summed E-state index contributed by atoms with van der Waals surface area (Å²) in [7, 11) is 0. The third-order valence-electron chi connectivity index (χ3n) is 10.1. The van der Waals surface area contributed by atoms with E-state index in [4.69, 9.17) is 0 Å². The minimum absolute atomic E-state index is 0.440. The molecule has 2 nitrogen and oxygen atoms in total. The molecule has 0 bridgehead atoms. The molecule has 45 heavy (non-hydrogen) atoms. The van der Waals surface area contributed by atoms with E-state index in [0.29, 0.717) is 6.61 Å². The number of hydrogen-bond acceptors (Lipinski definition) is 2. The van der Waals surface area contributed by atoms with Crippen molar-refractivity contribution in [2.24, 2.45) is 0 Å². The van der Waals surface area contributed by atoms with E-state index in [9.17, 15) is 5.11 Å². The van der Waals surface area contributed by atoms with E-state index in [1.165, 1.54) is 236 Å². The van der Waals surface area contributed by atoms with E-state index in [0.717, 1.165) is 5.21 Å². The van der Waals surface area contributed by atoms with Crippen molar-refractivity contribution >= 4 is 14.7 Å². The van der Waals surface area contributed by atoms with Crippen molar-refractivity contribution in [3.05, 3.63) is 0 Å². The molecule has 1 atom stereocenters. The summed E-state index contributed by atoms with van der Waals surface area (Å²) >= 11 is -0.880. The van der Waals surface area contributed by atoms with Gasteiger partial charge < -0.3 is 0 Å². The third-order valence-corrected chi connectivity index (χ3v) is 15.6. The van der Waals surface area contributed by atoms with Crippen LogP contribution in [0.5, 0.6) is 0 Å². The van der Waals surface area contributed by atoms with Gasteiger partial charge in [-0.2, -0.15) is 0 Å².